The van der Waals surface area contributed by atoms with Crippen LogP contribution in [-0.4, -0.2) is 23.9 Å². The summed E-state index contributed by atoms with van der Waals surface area (Å²) >= 11 is 12.0. The molecular weight excluding hydrogens is 331 g/mol. The van der Waals surface area contributed by atoms with Crippen LogP contribution in [0.15, 0.2) is 42.5 Å². The molecule has 122 valence electrons. The number of rotatable bonds is 5. The van der Waals surface area contributed by atoms with Crippen molar-refractivity contribution in [2.75, 3.05) is 12.4 Å². The summed E-state index contributed by atoms with van der Waals surface area (Å²) < 4.78 is 0. The summed E-state index contributed by atoms with van der Waals surface area (Å²) in [4.78, 5) is 14.4. The molecule has 2 aromatic carbocycles. The zero-order valence-corrected chi connectivity index (χ0v) is 14.9. The molecule has 2 aromatic rings. The van der Waals surface area contributed by atoms with Crippen molar-refractivity contribution in [3.8, 4) is 0 Å². The van der Waals surface area contributed by atoms with Gasteiger partial charge in [0.1, 0.15) is 0 Å². The van der Waals surface area contributed by atoms with Crippen LogP contribution in [0.5, 0.6) is 0 Å². The summed E-state index contributed by atoms with van der Waals surface area (Å²) in [6.45, 7) is 4.65. The van der Waals surface area contributed by atoms with E-state index in [0.29, 0.717) is 22.3 Å². The van der Waals surface area contributed by atoms with Crippen LogP contribution in [0.4, 0.5) is 5.69 Å². The van der Waals surface area contributed by atoms with E-state index in [0.717, 1.165) is 0 Å². The van der Waals surface area contributed by atoms with Gasteiger partial charge in [-0.15, -0.1) is 0 Å². The molecule has 0 aliphatic heterocycles. The van der Waals surface area contributed by atoms with Crippen molar-refractivity contribution in [1.82, 2.24) is 4.90 Å². The largest absolute Gasteiger partial charge is 0.323 e. The van der Waals surface area contributed by atoms with E-state index in [1.807, 2.05) is 31.0 Å². The van der Waals surface area contributed by atoms with Crippen molar-refractivity contribution in [1.29, 1.82) is 0 Å². The number of hydrogen-bond acceptors (Lipinski definition) is 2. The van der Waals surface area contributed by atoms with E-state index in [1.165, 1.54) is 11.1 Å². The Morgan fingerprint density at radius 1 is 1.22 bits per heavy atom. The van der Waals surface area contributed by atoms with Gasteiger partial charge in [-0.1, -0.05) is 47.5 Å². The quantitative estimate of drug-likeness (QED) is 0.842. The second kappa shape index (κ2) is 7.82. The Bertz CT molecular complexity index is 703. The number of benzene rings is 2. The third-order valence-electron chi connectivity index (χ3n) is 3.91. The molecule has 3 nitrogen and oxygen atoms in total. The van der Waals surface area contributed by atoms with Crippen LogP contribution in [0.3, 0.4) is 0 Å². The molecule has 0 aromatic heterocycles. The number of hydrogen-bond donors (Lipinski definition) is 1. The van der Waals surface area contributed by atoms with Gasteiger partial charge in [0.05, 0.1) is 16.8 Å². The maximum absolute atomic E-state index is 12.4. The predicted molar refractivity (Wildman–Crippen MR) is 97.2 cm³/mol. The van der Waals surface area contributed by atoms with Gasteiger partial charge in [0.2, 0.25) is 5.91 Å². The molecule has 2 rings (SSSR count). The number of halogens is 2. The molecule has 0 bridgehead atoms. The number of amides is 1. The first kappa shape index (κ1) is 17.8. The molecule has 0 saturated carbocycles. The smallest absolute Gasteiger partial charge is 0.241 e. The molecule has 0 aliphatic carbocycles. The minimum Gasteiger partial charge on any atom is -0.323 e. The summed E-state index contributed by atoms with van der Waals surface area (Å²) in [5.74, 6) is -0.106. The van der Waals surface area contributed by atoms with E-state index in [-0.39, 0.29) is 11.9 Å². The second-order valence-corrected chi connectivity index (χ2v) is 6.47. The fourth-order valence-electron chi connectivity index (χ4n) is 2.22. The molecule has 1 N–H and O–H groups in total. The monoisotopic (exact) mass is 350 g/mol. The van der Waals surface area contributed by atoms with E-state index in [4.69, 9.17) is 23.2 Å². The van der Waals surface area contributed by atoms with Gasteiger partial charge in [-0.3, -0.25) is 9.69 Å². The van der Waals surface area contributed by atoms with Crippen molar-refractivity contribution in [2.24, 2.45) is 0 Å². The number of anilines is 1. The van der Waals surface area contributed by atoms with Gasteiger partial charge in [-0.25, -0.2) is 0 Å². The Morgan fingerprint density at radius 3 is 2.57 bits per heavy atom. The van der Waals surface area contributed by atoms with Crippen LogP contribution in [0, 0.1) is 6.92 Å². The second-order valence-electron chi connectivity index (χ2n) is 5.63. The lowest BCUT2D eigenvalue weighted by Gasteiger charge is -2.24. The molecule has 0 fully saturated rings. The summed E-state index contributed by atoms with van der Waals surface area (Å²) in [6.07, 6.45) is 0. The average Bonchev–Trinajstić information content (AvgIpc) is 2.51. The standard InChI is InChI=1S/C18H20Cl2N2O/c1-12-6-4-5-7-14(12)11-22(3)13(2)18(23)21-17-9-8-15(19)10-16(17)20/h4-10,13H,11H2,1-3H3,(H,21,23)/t13-/m0/s1. The van der Waals surface area contributed by atoms with E-state index in [9.17, 15) is 4.79 Å². The maximum atomic E-state index is 12.4. The van der Waals surface area contributed by atoms with Crippen molar-refractivity contribution in [3.05, 3.63) is 63.6 Å². The molecule has 1 amide bonds. The molecule has 5 heteroatoms. The molecule has 0 radical (unpaired) electrons. The first-order chi connectivity index (χ1) is 10.9. The highest BCUT2D eigenvalue weighted by Crippen LogP contribution is 2.25. The first-order valence-electron chi connectivity index (χ1n) is 7.39. The van der Waals surface area contributed by atoms with Gasteiger partial charge >= 0.3 is 0 Å². The van der Waals surface area contributed by atoms with Crippen LogP contribution >= 0.6 is 23.2 Å². The highest BCUT2D eigenvalue weighted by molar-refractivity contribution is 6.36. The Morgan fingerprint density at radius 2 is 1.91 bits per heavy atom. The molecule has 23 heavy (non-hydrogen) atoms. The molecule has 1 atom stereocenters. The number of likely N-dealkylation sites (N-methyl/N-ethyl adjacent to an activating group) is 1. The van der Waals surface area contributed by atoms with E-state index >= 15 is 0 Å². The Labute approximate surface area is 147 Å². The molecule has 0 heterocycles. The summed E-state index contributed by atoms with van der Waals surface area (Å²) in [5.41, 5.74) is 2.99. The van der Waals surface area contributed by atoms with Crippen LogP contribution in [0.1, 0.15) is 18.1 Å². The highest BCUT2D eigenvalue weighted by Gasteiger charge is 2.19. The minimum atomic E-state index is -0.290. The minimum absolute atomic E-state index is 0.106. The predicted octanol–water partition coefficient (Wildman–Crippen LogP) is 4.76. The van der Waals surface area contributed by atoms with Gasteiger partial charge in [-0.05, 0) is 50.2 Å². The number of carbonyl (C=O) groups excluding carboxylic acids is 1. The molecule has 0 unspecified atom stereocenters. The van der Waals surface area contributed by atoms with Gasteiger partial charge in [0.15, 0.2) is 0 Å². The summed E-state index contributed by atoms with van der Waals surface area (Å²) in [5, 5.41) is 3.82. The van der Waals surface area contributed by atoms with E-state index < -0.39 is 0 Å². The van der Waals surface area contributed by atoms with Gasteiger partial charge < -0.3 is 5.32 Å². The number of carbonyl (C=O) groups is 1. The lowest BCUT2D eigenvalue weighted by Crippen LogP contribution is -2.39. The molecule has 0 saturated heterocycles. The summed E-state index contributed by atoms with van der Waals surface area (Å²) in [7, 11) is 1.93. The van der Waals surface area contributed by atoms with Crippen LogP contribution in [0.2, 0.25) is 10.0 Å². The Hall–Kier alpha value is -1.55. The number of nitrogens with zero attached hydrogens (tertiary/aromatic N) is 1. The van der Waals surface area contributed by atoms with Crippen molar-refractivity contribution < 1.29 is 4.79 Å². The third kappa shape index (κ3) is 4.71. The fraction of sp³-hybridized carbons (Fsp3) is 0.278. The van der Waals surface area contributed by atoms with Crippen molar-refractivity contribution in [2.45, 2.75) is 26.4 Å². The van der Waals surface area contributed by atoms with Gasteiger partial charge in [-0.2, -0.15) is 0 Å². The first-order valence-corrected chi connectivity index (χ1v) is 8.14. The highest BCUT2D eigenvalue weighted by atomic mass is 35.5. The SMILES string of the molecule is Cc1ccccc1CN(C)[C@@H](C)C(=O)Nc1ccc(Cl)cc1Cl. The van der Waals surface area contributed by atoms with E-state index in [1.54, 1.807) is 18.2 Å². The number of aryl methyl sites for hydroxylation is 1. The zero-order valence-electron chi connectivity index (χ0n) is 13.4. The lowest BCUT2D eigenvalue weighted by molar-refractivity contribution is -0.120. The molecule has 0 spiro atoms. The van der Waals surface area contributed by atoms with Crippen LogP contribution in [-0.2, 0) is 11.3 Å². The van der Waals surface area contributed by atoms with Crippen LogP contribution in [0.25, 0.3) is 0 Å². The van der Waals surface area contributed by atoms with Crippen molar-refractivity contribution >= 4 is 34.8 Å². The Kier molecular flexibility index (Phi) is 6.05. The topological polar surface area (TPSA) is 32.3 Å². The van der Waals surface area contributed by atoms with Gasteiger partial charge in [0.25, 0.3) is 0 Å². The maximum Gasteiger partial charge on any atom is 0.241 e. The Balaban J connectivity index is 2.02. The summed E-state index contributed by atoms with van der Waals surface area (Å²) in [6, 6.07) is 12.9. The van der Waals surface area contributed by atoms with Crippen LogP contribution < -0.4 is 5.32 Å². The third-order valence-corrected chi connectivity index (χ3v) is 4.46. The van der Waals surface area contributed by atoms with E-state index in [2.05, 4.69) is 24.4 Å². The zero-order chi connectivity index (χ0) is 17.0. The average molecular weight is 351 g/mol. The van der Waals surface area contributed by atoms with Gasteiger partial charge in [0, 0.05) is 11.6 Å². The fourth-order valence-corrected chi connectivity index (χ4v) is 2.68. The molecule has 0 aliphatic rings. The molecular formula is C18H20Cl2N2O. The van der Waals surface area contributed by atoms with Crippen molar-refractivity contribution in [3.63, 3.8) is 0 Å². The lowest BCUT2D eigenvalue weighted by atomic mass is 10.1. The number of nitrogens with one attached hydrogen (secondary N) is 1. The normalized spacial score (nSPS) is 12.3.